The normalized spacial score (nSPS) is 11.9. The maximum absolute atomic E-state index is 11.8. The standard InChI is InChI=1S/C16H24N2O2/c1-4-11-18(3)12-15(5-2)17-16(19)20-13-14-9-7-6-8-10-14/h4,6-10,15H,1,5,11-13H2,2-3H3,(H,17,19)/t15-/m0/s1. The van der Waals surface area contributed by atoms with E-state index in [0.29, 0.717) is 6.61 Å². The van der Waals surface area contributed by atoms with Crippen LogP contribution in [0.1, 0.15) is 18.9 Å². The van der Waals surface area contributed by atoms with Crippen LogP contribution in [0.3, 0.4) is 0 Å². The summed E-state index contributed by atoms with van der Waals surface area (Å²) in [6.07, 6.45) is 2.34. The molecule has 4 nitrogen and oxygen atoms in total. The third-order valence-corrected chi connectivity index (χ3v) is 3.00. The number of nitrogens with zero attached hydrogens (tertiary/aromatic N) is 1. The molecular formula is C16H24N2O2. The Labute approximate surface area is 121 Å². The highest BCUT2D eigenvalue weighted by Gasteiger charge is 2.13. The molecule has 4 heteroatoms. The van der Waals surface area contributed by atoms with Crippen LogP contribution in [0, 0.1) is 0 Å². The van der Waals surface area contributed by atoms with Gasteiger partial charge in [-0.05, 0) is 19.0 Å². The predicted octanol–water partition coefficient (Wildman–Crippen LogP) is 2.81. The van der Waals surface area contributed by atoms with Gasteiger partial charge in [0, 0.05) is 19.1 Å². The van der Waals surface area contributed by atoms with E-state index >= 15 is 0 Å². The lowest BCUT2D eigenvalue weighted by Crippen LogP contribution is -2.42. The average Bonchev–Trinajstić information content (AvgIpc) is 2.45. The Morgan fingerprint density at radius 3 is 2.75 bits per heavy atom. The molecule has 0 unspecified atom stereocenters. The zero-order chi connectivity index (χ0) is 14.8. The van der Waals surface area contributed by atoms with Gasteiger partial charge in [0.05, 0.1) is 0 Å². The number of hydrogen-bond donors (Lipinski definition) is 1. The van der Waals surface area contributed by atoms with E-state index in [1.807, 2.05) is 50.4 Å². The van der Waals surface area contributed by atoms with Crippen molar-refractivity contribution in [2.24, 2.45) is 0 Å². The Balaban J connectivity index is 2.33. The number of benzene rings is 1. The number of alkyl carbamates (subject to hydrolysis) is 1. The third-order valence-electron chi connectivity index (χ3n) is 3.00. The van der Waals surface area contributed by atoms with Crippen molar-refractivity contribution in [3.05, 3.63) is 48.6 Å². The summed E-state index contributed by atoms with van der Waals surface area (Å²) in [7, 11) is 2.00. The van der Waals surface area contributed by atoms with Gasteiger partial charge in [-0.2, -0.15) is 0 Å². The molecule has 1 amide bonds. The van der Waals surface area contributed by atoms with Crippen molar-refractivity contribution in [2.75, 3.05) is 20.1 Å². The van der Waals surface area contributed by atoms with Crippen LogP contribution in [-0.2, 0) is 11.3 Å². The topological polar surface area (TPSA) is 41.6 Å². The molecule has 0 radical (unpaired) electrons. The van der Waals surface area contributed by atoms with Crippen molar-refractivity contribution in [3.8, 4) is 0 Å². The molecule has 0 bridgehead atoms. The summed E-state index contributed by atoms with van der Waals surface area (Å²) in [4.78, 5) is 13.9. The van der Waals surface area contributed by atoms with Crippen LogP contribution >= 0.6 is 0 Å². The van der Waals surface area contributed by atoms with E-state index in [2.05, 4.69) is 16.8 Å². The number of carbonyl (C=O) groups is 1. The van der Waals surface area contributed by atoms with Gasteiger partial charge in [0.1, 0.15) is 6.61 Å². The first-order valence-corrected chi connectivity index (χ1v) is 6.92. The molecular weight excluding hydrogens is 252 g/mol. The van der Waals surface area contributed by atoms with Crippen molar-refractivity contribution in [1.82, 2.24) is 10.2 Å². The van der Waals surface area contributed by atoms with E-state index in [0.717, 1.165) is 25.1 Å². The van der Waals surface area contributed by atoms with E-state index in [-0.39, 0.29) is 12.1 Å². The summed E-state index contributed by atoms with van der Waals surface area (Å²) in [6, 6.07) is 9.74. The minimum atomic E-state index is -0.368. The molecule has 0 aromatic heterocycles. The Morgan fingerprint density at radius 2 is 2.15 bits per heavy atom. The fraction of sp³-hybridized carbons (Fsp3) is 0.438. The van der Waals surface area contributed by atoms with Crippen molar-refractivity contribution in [1.29, 1.82) is 0 Å². The highest BCUT2D eigenvalue weighted by molar-refractivity contribution is 5.67. The monoisotopic (exact) mass is 276 g/mol. The second-order valence-corrected chi connectivity index (χ2v) is 4.82. The molecule has 1 rings (SSSR count). The SMILES string of the molecule is C=CCN(C)C[C@H](CC)NC(=O)OCc1ccccc1. The molecule has 0 heterocycles. The molecule has 0 aliphatic carbocycles. The van der Waals surface area contributed by atoms with Gasteiger partial charge in [-0.1, -0.05) is 43.3 Å². The van der Waals surface area contributed by atoms with E-state index in [9.17, 15) is 4.79 Å². The molecule has 1 aromatic rings. The van der Waals surface area contributed by atoms with E-state index in [4.69, 9.17) is 4.74 Å². The van der Waals surface area contributed by atoms with Gasteiger partial charge in [-0.25, -0.2) is 4.79 Å². The number of nitrogens with one attached hydrogen (secondary N) is 1. The Kier molecular flexibility index (Phi) is 7.43. The minimum Gasteiger partial charge on any atom is -0.445 e. The van der Waals surface area contributed by atoms with Gasteiger partial charge in [0.15, 0.2) is 0 Å². The van der Waals surface area contributed by atoms with Gasteiger partial charge in [-0.3, -0.25) is 0 Å². The van der Waals surface area contributed by atoms with Gasteiger partial charge < -0.3 is 15.0 Å². The van der Waals surface area contributed by atoms with Crippen LogP contribution in [-0.4, -0.2) is 37.2 Å². The highest BCUT2D eigenvalue weighted by Crippen LogP contribution is 2.02. The Hall–Kier alpha value is -1.81. The smallest absolute Gasteiger partial charge is 0.407 e. The van der Waals surface area contributed by atoms with Crippen LogP contribution in [0.5, 0.6) is 0 Å². The molecule has 0 saturated heterocycles. The minimum absolute atomic E-state index is 0.0863. The molecule has 0 aliphatic rings. The molecule has 110 valence electrons. The van der Waals surface area contributed by atoms with E-state index in [1.54, 1.807) is 0 Å². The first kappa shape index (κ1) is 16.2. The highest BCUT2D eigenvalue weighted by atomic mass is 16.5. The summed E-state index contributed by atoms with van der Waals surface area (Å²) in [5.74, 6) is 0. The number of likely N-dealkylation sites (N-methyl/N-ethyl adjacent to an activating group) is 1. The van der Waals surface area contributed by atoms with Crippen LogP contribution < -0.4 is 5.32 Å². The number of carbonyl (C=O) groups excluding carboxylic acids is 1. The van der Waals surface area contributed by atoms with Crippen LogP contribution in [0.4, 0.5) is 4.79 Å². The zero-order valence-electron chi connectivity index (χ0n) is 12.3. The fourth-order valence-electron chi connectivity index (χ4n) is 1.88. The largest absolute Gasteiger partial charge is 0.445 e. The molecule has 0 saturated carbocycles. The first-order valence-electron chi connectivity index (χ1n) is 6.92. The van der Waals surface area contributed by atoms with E-state index < -0.39 is 0 Å². The maximum Gasteiger partial charge on any atom is 0.407 e. The van der Waals surface area contributed by atoms with Crippen molar-refractivity contribution >= 4 is 6.09 Å². The second kappa shape index (κ2) is 9.15. The summed E-state index contributed by atoms with van der Waals surface area (Å²) in [5, 5.41) is 2.89. The average molecular weight is 276 g/mol. The molecule has 20 heavy (non-hydrogen) atoms. The summed E-state index contributed by atoms with van der Waals surface area (Å²) >= 11 is 0. The summed E-state index contributed by atoms with van der Waals surface area (Å²) in [5.41, 5.74) is 0.986. The Morgan fingerprint density at radius 1 is 1.45 bits per heavy atom. The molecule has 1 atom stereocenters. The van der Waals surface area contributed by atoms with Gasteiger partial charge in [-0.15, -0.1) is 6.58 Å². The fourth-order valence-corrected chi connectivity index (χ4v) is 1.88. The predicted molar refractivity (Wildman–Crippen MR) is 81.5 cm³/mol. The third kappa shape index (κ3) is 6.38. The van der Waals surface area contributed by atoms with Crippen molar-refractivity contribution in [2.45, 2.75) is 26.0 Å². The van der Waals surface area contributed by atoms with Crippen molar-refractivity contribution in [3.63, 3.8) is 0 Å². The number of amides is 1. The molecule has 1 N–H and O–H groups in total. The van der Waals surface area contributed by atoms with Crippen LogP contribution in [0.25, 0.3) is 0 Å². The van der Waals surface area contributed by atoms with E-state index in [1.165, 1.54) is 0 Å². The zero-order valence-corrected chi connectivity index (χ0v) is 12.3. The van der Waals surface area contributed by atoms with Gasteiger partial charge >= 0.3 is 6.09 Å². The summed E-state index contributed by atoms with van der Waals surface area (Å²) in [6.45, 7) is 7.63. The lowest BCUT2D eigenvalue weighted by molar-refractivity contribution is 0.133. The van der Waals surface area contributed by atoms with Gasteiger partial charge in [0.25, 0.3) is 0 Å². The molecule has 0 fully saturated rings. The molecule has 0 aliphatic heterocycles. The van der Waals surface area contributed by atoms with Crippen LogP contribution in [0.15, 0.2) is 43.0 Å². The molecule has 1 aromatic carbocycles. The number of rotatable bonds is 8. The van der Waals surface area contributed by atoms with Gasteiger partial charge in [0.2, 0.25) is 0 Å². The maximum atomic E-state index is 11.8. The quantitative estimate of drug-likeness (QED) is 0.742. The second-order valence-electron chi connectivity index (χ2n) is 4.82. The van der Waals surface area contributed by atoms with Crippen molar-refractivity contribution < 1.29 is 9.53 Å². The first-order chi connectivity index (χ1) is 9.65. The lowest BCUT2D eigenvalue weighted by Gasteiger charge is -2.22. The summed E-state index contributed by atoms with van der Waals surface area (Å²) < 4.78 is 5.21. The Bertz CT molecular complexity index is 406. The number of ether oxygens (including phenoxy) is 1. The lowest BCUT2D eigenvalue weighted by atomic mass is 10.2. The van der Waals surface area contributed by atoms with Crippen LogP contribution in [0.2, 0.25) is 0 Å². The molecule has 0 spiro atoms. The number of hydrogen-bond acceptors (Lipinski definition) is 3.